The Hall–Kier alpha value is -3.01. The maximum absolute atomic E-state index is 13.4. The molecule has 1 N–H and O–H groups in total. The minimum absolute atomic E-state index is 0.120. The van der Waals surface area contributed by atoms with Crippen LogP contribution in [-0.4, -0.2) is 5.78 Å². The highest BCUT2D eigenvalue weighted by Crippen LogP contribution is 2.25. The minimum Gasteiger partial charge on any atom is -0.355 e. The Morgan fingerprint density at radius 1 is 0.880 bits per heavy atom. The van der Waals surface area contributed by atoms with E-state index >= 15 is 0 Å². The first kappa shape index (κ1) is 16.8. The van der Waals surface area contributed by atoms with Gasteiger partial charge in [0.1, 0.15) is 11.6 Å². The molecule has 3 aromatic rings. The number of nitrogens with one attached hydrogen (secondary N) is 1. The van der Waals surface area contributed by atoms with E-state index in [-0.39, 0.29) is 11.5 Å². The summed E-state index contributed by atoms with van der Waals surface area (Å²) in [4.78, 5) is 11.9. The molecule has 0 heterocycles. The number of benzene rings is 3. The largest absolute Gasteiger partial charge is 0.355 e. The second-order valence-corrected chi connectivity index (χ2v) is 5.88. The van der Waals surface area contributed by atoms with Crippen LogP contribution in [0.1, 0.15) is 28.4 Å². The zero-order chi connectivity index (χ0) is 17.8. The summed E-state index contributed by atoms with van der Waals surface area (Å²) in [6, 6.07) is 18.6. The molecule has 0 amide bonds. The first-order chi connectivity index (χ1) is 12.0. The molecule has 0 aliphatic heterocycles. The topological polar surface area (TPSA) is 29.1 Å². The van der Waals surface area contributed by atoms with Gasteiger partial charge in [-0.25, -0.2) is 8.78 Å². The molecule has 0 fully saturated rings. The number of carbonyl (C=O) groups excluding carboxylic acids is 1. The zero-order valence-electron chi connectivity index (χ0n) is 13.7. The molecule has 0 unspecified atom stereocenters. The predicted molar refractivity (Wildman–Crippen MR) is 95.3 cm³/mol. The second kappa shape index (κ2) is 7.26. The van der Waals surface area contributed by atoms with Gasteiger partial charge in [-0.15, -0.1) is 0 Å². The fourth-order valence-corrected chi connectivity index (χ4v) is 2.72. The van der Waals surface area contributed by atoms with Gasteiger partial charge in [-0.2, -0.15) is 0 Å². The molecule has 0 aromatic heterocycles. The Kier molecular flexibility index (Phi) is 4.89. The predicted octanol–water partition coefficient (Wildman–Crippen LogP) is 5.50. The smallest absolute Gasteiger partial charge is 0.161 e. The molecule has 0 aliphatic rings. The first-order valence-electron chi connectivity index (χ1n) is 7.92. The molecule has 0 atom stereocenters. The lowest BCUT2D eigenvalue weighted by atomic mass is 10.0. The fraction of sp³-hybridized carbons (Fsp3) is 0.0952. The summed E-state index contributed by atoms with van der Waals surface area (Å²) in [5.41, 5.74) is 3.40. The lowest BCUT2D eigenvalue weighted by molar-refractivity contribution is 0.101. The van der Waals surface area contributed by atoms with E-state index in [0.717, 1.165) is 17.2 Å². The van der Waals surface area contributed by atoms with Crippen LogP contribution >= 0.6 is 0 Å². The maximum atomic E-state index is 13.4. The Balaban J connectivity index is 1.94. The molecular formula is C21H17F2NO. The van der Waals surface area contributed by atoms with Crippen molar-refractivity contribution in [1.82, 2.24) is 0 Å². The maximum Gasteiger partial charge on any atom is 0.161 e. The highest BCUT2D eigenvalue weighted by atomic mass is 19.1. The normalized spacial score (nSPS) is 10.5. The third-order valence-corrected chi connectivity index (χ3v) is 3.86. The van der Waals surface area contributed by atoms with Crippen molar-refractivity contribution in [3.8, 4) is 0 Å². The summed E-state index contributed by atoms with van der Waals surface area (Å²) in [7, 11) is 0. The van der Waals surface area contributed by atoms with Crippen LogP contribution in [0.2, 0.25) is 0 Å². The molecule has 25 heavy (non-hydrogen) atoms. The van der Waals surface area contributed by atoms with Crippen molar-refractivity contribution in [2.45, 2.75) is 13.3 Å². The van der Waals surface area contributed by atoms with Crippen LogP contribution in [0.3, 0.4) is 0 Å². The van der Waals surface area contributed by atoms with E-state index in [1.54, 1.807) is 6.07 Å². The summed E-state index contributed by atoms with van der Waals surface area (Å²) in [5.74, 6) is -1.47. The van der Waals surface area contributed by atoms with Crippen LogP contribution < -0.4 is 5.32 Å². The molecule has 0 saturated heterocycles. The van der Waals surface area contributed by atoms with E-state index in [1.807, 2.05) is 42.5 Å². The molecule has 3 rings (SSSR count). The van der Waals surface area contributed by atoms with Crippen molar-refractivity contribution in [3.63, 3.8) is 0 Å². The van der Waals surface area contributed by atoms with E-state index in [4.69, 9.17) is 0 Å². The summed E-state index contributed by atoms with van der Waals surface area (Å²) in [5, 5.41) is 2.96. The van der Waals surface area contributed by atoms with Crippen molar-refractivity contribution in [2.24, 2.45) is 0 Å². The van der Waals surface area contributed by atoms with Crippen LogP contribution in [0.15, 0.2) is 66.7 Å². The number of carbonyl (C=O) groups is 1. The average molecular weight is 337 g/mol. The molecule has 3 aromatic carbocycles. The lowest BCUT2D eigenvalue weighted by Gasteiger charge is -2.13. The lowest BCUT2D eigenvalue weighted by Crippen LogP contribution is -2.02. The van der Waals surface area contributed by atoms with Crippen LogP contribution in [0.5, 0.6) is 0 Å². The monoisotopic (exact) mass is 337 g/mol. The Bertz CT molecular complexity index is 887. The van der Waals surface area contributed by atoms with Gasteiger partial charge in [-0.3, -0.25) is 4.79 Å². The molecule has 0 spiro atoms. The molecule has 126 valence electrons. The van der Waals surface area contributed by atoms with Gasteiger partial charge in [0.2, 0.25) is 0 Å². The third kappa shape index (κ3) is 4.29. The SMILES string of the molecule is CC(=O)c1ccc(Cc2ccccc2)cc1Nc1cc(F)cc(F)c1. The van der Waals surface area contributed by atoms with Gasteiger partial charge < -0.3 is 5.32 Å². The average Bonchev–Trinajstić information content (AvgIpc) is 2.54. The van der Waals surface area contributed by atoms with Crippen molar-refractivity contribution < 1.29 is 13.6 Å². The van der Waals surface area contributed by atoms with Crippen molar-refractivity contribution >= 4 is 17.2 Å². The molecule has 0 saturated carbocycles. The van der Waals surface area contributed by atoms with Gasteiger partial charge in [0.15, 0.2) is 5.78 Å². The molecule has 0 bridgehead atoms. The van der Waals surface area contributed by atoms with Crippen molar-refractivity contribution in [1.29, 1.82) is 0 Å². The van der Waals surface area contributed by atoms with Gasteiger partial charge >= 0.3 is 0 Å². The van der Waals surface area contributed by atoms with Crippen molar-refractivity contribution in [3.05, 3.63) is 95.1 Å². The second-order valence-electron chi connectivity index (χ2n) is 5.88. The zero-order valence-corrected chi connectivity index (χ0v) is 13.7. The first-order valence-corrected chi connectivity index (χ1v) is 7.92. The van der Waals surface area contributed by atoms with E-state index in [9.17, 15) is 13.6 Å². The van der Waals surface area contributed by atoms with E-state index < -0.39 is 11.6 Å². The van der Waals surface area contributed by atoms with Crippen LogP contribution in [0, 0.1) is 11.6 Å². The van der Waals surface area contributed by atoms with Gasteiger partial charge in [0, 0.05) is 23.0 Å². The van der Waals surface area contributed by atoms with E-state index in [1.165, 1.54) is 19.1 Å². The van der Waals surface area contributed by atoms with Gasteiger partial charge in [-0.1, -0.05) is 36.4 Å². The number of hydrogen-bond acceptors (Lipinski definition) is 2. The highest BCUT2D eigenvalue weighted by Gasteiger charge is 2.10. The highest BCUT2D eigenvalue weighted by molar-refractivity contribution is 6.00. The summed E-state index contributed by atoms with van der Waals surface area (Å²) in [6.45, 7) is 1.46. The summed E-state index contributed by atoms with van der Waals surface area (Å²) < 4.78 is 26.8. The Morgan fingerprint density at radius 2 is 1.56 bits per heavy atom. The number of halogens is 2. The fourth-order valence-electron chi connectivity index (χ4n) is 2.72. The standard InChI is InChI=1S/C21H17F2NO/c1-14(25)20-8-7-16(9-15-5-3-2-4-6-15)10-21(20)24-19-12-17(22)11-18(23)13-19/h2-8,10-13,24H,9H2,1H3. The molecule has 0 aliphatic carbocycles. The number of ketones is 1. The Labute approximate surface area is 145 Å². The number of rotatable bonds is 5. The van der Waals surface area contributed by atoms with Crippen molar-refractivity contribution in [2.75, 3.05) is 5.32 Å². The quantitative estimate of drug-likeness (QED) is 0.623. The Morgan fingerprint density at radius 3 is 2.20 bits per heavy atom. The van der Waals surface area contributed by atoms with Crippen LogP contribution in [-0.2, 0) is 6.42 Å². The van der Waals surface area contributed by atoms with Crippen LogP contribution in [0.25, 0.3) is 0 Å². The van der Waals surface area contributed by atoms with Gasteiger partial charge in [-0.05, 0) is 48.7 Å². The van der Waals surface area contributed by atoms with Crippen LogP contribution in [0.4, 0.5) is 20.2 Å². The third-order valence-electron chi connectivity index (χ3n) is 3.86. The van der Waals surface area contributed by atoms with Gasteiger partial charge in [0.05, 0.1) is 0 Å². The van der Waals surface area contributed by atoms with E-state index in [2.05, 4.69) is 5.32 Å². The summed E-state index contributed by atoms with van der Waals surface area (Å²) in [6.07, 6.45) is 0.700. The number of Topliss-reactive ketones (excluding diaryl/α,β-unsaturated/α-hetero) is 1. The molecule has 2 nitrogen and oxygen atoms in total. The summed E-state index contributed by atoms with van der Waals surface area (Å²) >= 11 is 0. The molecule has 4 heteroatoms. The molecular weight excluding hydrogens is 320 g/mol. The molecule has 0 radical (unpaired) electrons. The minimum atomic E-state index is -0.674. The number of anilines is 2. The number of hydrogen-bond donors (Lipinski definition) is 1. The van der Waals surface area contributed by atoms with E-state index in [0.29, 0.717) is 17.7 Å². The van der Waals surface area contributed by atoms with Gasteiger partial charge in [0.25, 0.3) is 0 Å².